The van der Waals surface area contributed by atoms with Crippen molar-refractivity contribution in [3.05, 3.63) is 42.2 Å². The van der Waals surface area contributed by atoms with Gasteiger partial charge in [-0.1, -0.05) is 24.3 Å². The van der Waals surface area contributed by atoms with E-state index in [1.54, 1.807) is 13.2 Å². The third kappa shape index (κ3) is 2.81. The highest BCUT2D eigenvalue weighted by Gasteiger charge is 2.21. The number of pyridine rings is 1. The summed E-state index contributed by atoms with van der Waals surface area (Å²) in [6.45, 7) is 0.330. The quantitative estimate of drug-likeness (QED) is 0.931. The van der Waals surface area contributed by atoms with Crippen LogP contribution >= 0.6 is 0 Å². The first-order valence-electron chi connectivity index (χ1n) is 7.10. The normalized spacial score (nSPS) is 14.9. The number of nitrogens with one attached hydrogen (secondary N) is 1. The molecular weight excluding hydrogens is 280 g/mol. The number of amides is 2. The van der Waals surface area contributed by atoms with Crippen molar-refractivity contribution in [1.82, 2.24) is 15.3 Å². The first-order chi connectivity index (χ1) is 10.6. The summed E-state index contributed by atoms with van der Waals surface area (Å²) in [4.78, 5) is 27.8. The minimum atomic E-state index is -0.255. The van der Waals surface area contributed by atoms with Gasteiger partial charge in [-0.15, -0.1) is 0 Å². The summed E-state index contributed by atoms with van der Waals surface area (Å²) >= 11 is 0. The predicted octanol–water partition coefficient (Wildman–Crippen LogP) is 1.46. The van der Waals surface area contributed by atoms with Crippen LogP contribution in [0, 0.1) is 0 Å². The molecule has 0 aliphatic carbocycles. The number of rotatable bonds is 3. The van der Waals surface area contributed by atoms with Crippen molar-refractivity contribution in [2.45, 2.75) is 19.4 Å². The van der Waals surface area contributed by atoms with Crippen molar-refractivity contribution >= 4 is 28.3 Å². The lowest BCUT2D eigenvalue weighted by Crippen LogP contribution is -2.37. The molecule has 1 aromatic heterocycles. The molecule has 0 atom stereocenters. The number of hydrogen-bond donors (Lipinski definition) is 1. The zero-order valence-corrected chi connectivity index (χ0v) is 12.2. The molecule has 2 aromatic rings. The molecule has 0 spiro atoms. The SMILES string of the molecule is CN1N=C(C(=O)NCc2nccc3ccccc23)CCC1=O. The highest BCUT2D eigenvalue weighted by atomic mass is 16.2. The van der Waals surface area contributed by atoms with Crippen molar-refractivity contribution < 1.29 is 9.59 Å². The van der Waals surface area contributed by atoms with Gasteiger partial charge in [-0.2, -0.15) is 5.10 Å². The maximum absolute atomic E-state index is 12.2. The number of hydrazone groups is 1. The monoisotopic (exact) mass is 296 g/mol. The molecule has 2 heterocycles. The summed E-state index contributed by atoms with van der Waals surface area (Å²) < 4.78 is 0. The molecule has 0 fully saturated rings. The second kappa shape index (κ2) is 5.93. The van der Waals surface area contributed by atoms with Crippen LogP contribution in [0.5, 0.6) is 0 Å². The van der Waals surface area contributed by atoms with Gasteiger partial charge in [-0.25, -0.2) is 5.01 Å². The Hall–Kier alpha value is -2.76. The standard InChI is InChI=1S/C16H16N4O2/c1-20-15(21)7-6-13(19-20)16(22)18-10-14-12-5-3-2-4-11(12)8-9-17-14/h2-5,8-9H,6-7,10H2,1H3,(H,18,22). The van der Waals surface area contributed by atoms with Gasteiger partial charge in [0.05, 0.1) is 12.2 Å². The molecule has 0 unspecified atom stereocenters. The van der Waals surface area contributed by atoms with Crippen molar-refractivity contribution in [3.63, 3.8) is 0 Å². The summed E-state index contributed by atoms with van der Waals surface area (Å²) in [5.41, 5.74) is 1.19. The summed E-state index contributed by atoms with van der Waals surface area (Å²) in [6.07, 6.45) is 2.42. The summed E-state index contributed by atoms with van der Waals surface area (Å²) in [5.74, 6) is -0.332. The second-order valence-electron chi connectivity index (χ2n) is 5.13. The number of carbonyl (C=O) groups excluding carboxylic acids is 2. The molecule has 1 aliphatic rings. The van der Waals surface area contributed by atoms with E-state index < -0.39 is 0 Å². The van der Waals surface area contributed by atoms with Gasteiger partial charge in [0, 0.05) is 31.5 Å². The van der Waals surface area contributed by atoms with E-state index in [1.807, 2.05) is 30.3 Å². The van der Waals surface area contributed by atoms with Crippen LogP contribution in [0.2, 0.25) is 0 Å². The van der Waals surface area contributed by atoms with Gasteiger partial charge < -0.3 is 5.32 Å². The zero-order chi connectivity index (χ0) is 15.5. The van der Waals surface area contributed by atoms with Crippen LogP contribution in [-0.2, 0) is 16.1 Å². The lowest BCUT2D eigenvalue weighted by Gasteiger charge is -2.18. The van der Waals surface area contributed by atoms with Crippen molar-refractivity contribution in [3.8, 4) is 0 Å². The summed E-state index contributed by atoms with van der Waals surface area (Å²) in [6, 6.07) is 9.84. The lowest BCUT2D eigenvalue weighted by molar-refractivity contribution is -0.130. The van der Waals surface area contributed by atoms with Crippen LogP contribution in [-0.4, -0.2) is 34.6 Å². The minimum absolute atomic E-state index is 0.0766. The van der Waals surface area contributed by atoms with E-state index in [0.29, 0.717) is 25.1 Å². The Kier molecular flexibility index (Phi) is 3.82. The van der Waals surface area contributed by atoms with E-state index in [9.17, 15) is 9.59 Å². The third-order valence-electron chi connectivity index (χ3n) is 3.64. The highest BCUT2D eigenvalue weighted by molar-refractivity contribution is 6.39. The van der Waals surface area contributed by atoms with E-state index in [2.05, 4.69) is 15.4 Å². The molecule has 1 N–H and O–H groups in total. The molecule has 0 saturated heterocycles. The Bertz CT molecular complexity index is 764. The molecule has 2 amide bonds. The van der Waals surface area contributed by atoms with Crippen LogP contribution in [0.1, 0.15) is 18.5 Å². The Labute approximate surface area is 127 Å². The average Bonchev–Trinajstić information content (AvgIpc) is 2.55. The summed E-state index contributed by atoms with van der Waals surface area (Å²) in [5, 5.41) is 10.2. The predicted molar refractivity (Wildman–Crippen MR) is 83.0 cm³/mol. The Morgan fingerprint density at radius 1 is 1.27 bits per heavy atom. The van der Waals surface area contributed by atoms with Gasteiger partial charge >= 0.3 is 0 Å². The van der Waals surface area contributed by atoms with Crippen LogP contribution in [0.25, 0.3) is 10.8 Å². The molecule has 22 heavy (non-hydrogen) atoms. The largest absolute Gasteiger partial charge is 0.345 e. The van der Waals surface area contributed by atoms with Crippen molar-refractivity contribution in [2.75, 3.05) is 7.05 Å². The van der Waals surface area contributed by atoms with Gasteiger partial charge in [0.15, 0.2) is 0 Å². The molecule has 0 saturated carbocycles. The lowest BCUT2D eigenvalue weighted by atomic mass is 10.1. The third-order valence-corrected chi connectivity index (χ3v) is 3.64. The van der Waals surface area contributed by atoms with E-state index >= 15 is 0 Å². The average molecular weight is 296 g/mol. The number of nitrogens with zero attached hydrogens (tertiary/aromatic N) is 3. The highest BCUT2D eigenvalue weighted by Crippen LogP contribution is 2.16. The molecule has 0 radical (unpaired) electrons. The maximum Gasteiger partial charge on any atom is 0.267 e. The van der Waals surface area contributed by atoms with E-state index in [0.717, 1.165) is 16.5 Å². The first-order valence-corrected chi connectivity index (χ1v) is 7.10. The van der Waals surface area contributed by atoms with Gasteiger partial charge in [0.1, 0.15) is 5.71 Å². The van der Waals surface area contributed by atoms with Crippen LogP contribution in [0.15, 0.2) is 41.6 Å². The minimum Gasteiger partial charge on any atom is -0.345 e. The smallest absolute Gasteiger partial charge is 0.267 e. The van der Waals surface area contributed by atoms with E-state index in [4.69, 9.17) is 0 Å². The van der Waals surface area contributed by atoms with Crippen LogP contribution in [0.4, 0.5) is 0 Å². The fraction of sp³-hybridized carbons (Fsp3) is 0.250. The number of fused-ring (bicyclic) bond motifs is 1. The van der Waals surface area contributed by atoms with Crippen LogP contribution in [0.3, 0.4) is 0 Å². The Morgan fingerprint density at radius 3 is 2.91 bits per heavy atom. The molecule has 0 bridgehead atoms. The molecule has 1 aliphatic heterocycles. The molecule has 3 rings (SSSR count). The number of carbonyl (C=O) groups is 2. The van der Waals surface area contributed by atoms with Crippen LogP contribution < -0.4 is 5.32 Å². The number of benzene rings is 1. The molecule has 6 nitrogen and oxygen atoms in total. The van der Waals surface area contributed by atoms with Gasteiger partial charge in [0.25, 0.3) is 5.91 Å². The van der Waals surface area contributed by atoms with Gasteiger partial charge in [-0.05, 0) is 11.5 Å². The zero-order valence-electron chi connectivity index (χ0n) is 12.2. The second-order valence-corrected chi connectivity index (χ2v) is 5.13. The Balaban J connectivity index is 1.73. The van der Waals surface area contributed by atoms with E-state index in [-0.39, 0.29) is 11.8 Å². The topological polar surface area (TPSA) is 74.7 Å². The maximum atomic E-state index is 12.2. The fourth-order valence-corrected chi connectivity index (χ4v) is 2.42. The molecule has 1 aromatic carbocycles. The molecular formula is C16H16N4O2. The molecule has 112 valence electrons. The van der Waals surface area contributed by atoms with Crippen molar-refractivity contribution in [2.24, 2.45) is 5.10 Å². The van der Waals surface area contributed by atoms with Crippen molar-refractivity contribution in [1.29, 1.82) is 0 Å². The number of aromatic nitrogens is 1. The fourth-order valence-electron chi connectivity index (χ4n) is 2.42. The Morgan fingerprint density at radius 2 is 2.09 bits per heavy atom. The van der Waals surface area contributed by atoms with Gasteiger partial charge in [0.2, 0.25) is 5.91 Å². The summed E-state index contributed by atoms with van der Waals surface area (Å²) in [7, 11) is 1.56. The first kappa shape index (κ1) is 14.2. The van der Waals surface area contributed by atoms with Gasteiger partial charge in [-0.3, -0.25) is 14.6 Å². The molecule has 6 heteroatoms. The number of hydrogen-bond acceptors (Lipinski definition) is 4. The van der Waals surface area contributed by atoms with E-state index in [1.165, 1.54) is 5.01 Å².